The van der Waals surface area contributed by atoms with Gasteiger partial charge in [-0.2, -0.15) is 5.26 Å². The number of nitrogens with one attached hydrogen (secondary N) is 2. The van der Waals surface area contributed by atoms with E-state index in [2.05, 4.69) is 10.6 Å². The average Bonchev–Trinajstić information content (AvgIpc) is 2.83. The molecule has 0 atom stereocenters. The van der Waals surface area contributed by atoms with E-state index in [1.807, 2.05) is 60.7 Å². The molecule has 0 aliphatic carbocycles. The summed E-state index contributed by atoms with van der Waals surface area (Å²) in [6.07, 6.45) is 1.45. The number of carbonyl (C=O) groups is 2. The molecular formula is C27H23ClIN3O4. The summed E-state index contributed by atoms with van der Waals surface area (Å²) in [5, 5.41) is 15.5. The molecule has 0 heterocycles. The molecule has 7 nitrogen and oxygen atoms in total. The van der Waals surface area contributed by atoms with Gasteiger partial charge in [0.05, 0.1) is 10.7 Å². The summed E-state index contributed by atoms with van der Waals surface area (Å²) in [7, 11) is 1.47. The van der Waals surface area contributed by atoms with Crippen LogP contribution in [0.5, 0.6) is 11.5 Å². The van der Waals surface area contributed by atoms with Gasteiger partial charge in [-0.05, 0) is 90.0 Å². The maximum atomic E-state index is 12.6. The number of rotatable bonds is 8. The van der Waals surface area contributed by atoms with Crippen LogP contribution in [0, 0.1) is 28.7 Å². The van der Waals surface area contributed by atoms with Crippen molar-refractivity contribution in [1.29, 1.82) is 5.26 Å². The third-order valence-corrected chi connectivity index (χ3v) is 6.05. The minimum Gasteiger partial charge on any atom is -0.493 e. The molecule has 2 amide bonds. The van der Waals surface area contributed by atoms with Crippen molar-refractivity contribution in [1.82, 2.24) is 0 Å². The fraction of sp³-hybridized carbons (Fsp3) is 0.148. The largest absolute Gasteiger partial charge is 0.493 e. The van der Waals surface area contributed by atoms with Crippen molar-refractivity contribution in [2.24, 2.45) is 0 Å². The zero-order valence-corrected chi connectivity index (χ0v) is 22.7. The molecule has 36 heavy (non-hydrogen) atoms. The first-order valence-electron chi connectivity index (χ1n) is 10.8. The zero-order chi connectivity index (χ0) is 26.2. The lowest BCUT2D eigenvalue weighted by molar-refractivity contribution is -0.118. The number of anilines is 2. The Bertz CT molecular complexity index is 1380. The van der Waals surface area contributed by atoms with E-state index >= 15 is 0 Å². The Morgan fingerprint density at radius 1 is 1.11 bits per heavy atom. The second kappa shape index (κ2) is 12.4. The smallest absolute Gasteiger partial charge is 0.266 e. The number of methoxy groups -OCH3 is 1. The number of halogens is 2. The number of nitriles is 1. The molecule has 184 valence electrons. The van der Waals surface area contributed by atoms with Crippen molar-refractivity contribution >= 4 is 63.5 Å². The van der Waals surface area contributed by atoms with E-state index in [-0.39, 0.29) is 18.1 Å². The van der Waals surface area contributed by atoms with Crippen LogP contribution in [0.3, 0.4) is 0 Å². The van der Waals surface area contributed by atoms with Crippen LogP contribution >= 0.6 is 34.2 Å². The summed E-state index contributed by atoms with van der Waals surface area (Å²) in [6, 6.07) is 17.7. The van der Waals surface area contributed by atoms with Crippen molar-refractivity contribution < 1.29 is 19.1 Å². The highest BCUT2D eigenvalue weighted by Gasteiger charge is 2.16. The predicted octanol–water partition coefficient (Wildman–Crippen LogP) is 6.13. The van der Waals surface area contributed by atoms with Crippen molar-refractivity contribution in [3.63, 3.8) is 0 Å². The van der Waals surface area contributed by atoms with Gasteiger partial charge < -0.3 is 20.1 Å². The van der Waals surface area contributed by atoms with E-state index in [0.29, 0.717) is 31.3 Å². The topological polar surface area (TPSA) is 100 Å². The van der Waals surface area contributed by atoms with Gasteiger partial charge in [0.2, 0.25) is 0 Å². The number of carbonyl (C=O) groups excluding carboxylic acids is 2. The van der Waals surface area contributed by atoms with Crippen LogP contribution < -0.4 is 20.1 Å². The van der Waals surface area contributed by atoms with Gasteiger partial charge in [0.15, 0.2) is 18.1 Å². The van der Waals surface area contributed by atoms with Crippen LogP contribution in [-0.4, -0.2) is 25.5 Å². The first-order valence-corrected chi connectivity index (χ1v) is 12.2. The molecule has 0 aromatic heterocycles. The third kappa shape index (κ3) is 7.23. The lowest BCUT2D eigenvalue weighted by atomic mass is 10.1. The minimum atomic E-state index is -0.572. The number of hydrogen-bond acceptors (Lipinski definition) is 5. The fourth-order valence-electron chi connectivity index (χ4n) is 3.32. The van der Waals surface area contributed by atoms with Crippen molar-refractivity contribution in [2.75, 3.05) is 24.4 Å². The number of hydrogen-bond donors (Lipinski definition) is 2. The molecular weight excluding hydrogens is 593 g/mol. The summed E-state index contributed by atoms with van der Waals surface area (Å²) >= 11 is 8.00. The molecule has 3 aromatic carbocycles. The Morgan fingerprint density at radius 2 is 1.89 bits per heavy atom. The van der Waals surface area contributed by atoms with E-state index in [1.54, 1.807) is 36.4 Å². The van der Waals surface area contributed by atoms with Crippen LogP contribution in [-0.2, 0) is 9.59 Å². The monoisotopic (exact) mass is 615 g/mol. The number of aryl methyl sites for hydroxylation is 2. The summed E-state index contributed by atoms with van der Waals surface area (Å²) in [5.41, 5.74) is 3.71. The van der Waals surface area contributed by atoms with E-state index in [4.69, 9.17) is 21.1 Å². The molecule has 0 fully saturated rings. The number of ether oxygens (including phenoxy) is 2. The fourth-order valence-corrected chi connectivity index (χ4v) is 4.29. The molecule has 0 bridgehead atoms. The zero-order valence-electron chi connectivity index (χ0n) is 19.8. The number of nitrogens with zero attached hydrogens (tertiary/aromatic N) is 1. The van der Waals surface area contributed by atoms with Crippen LogP contribution in [0.25, 0.3) is 6.08 Å². The second-order valence-corrected chi connectivity index (χ2v) is 9.42. The molecule has 0 saturated heterocycles. The van der Waals surface area contributed by atoms with Crippen molar-refractivity contribution in [2.45, 2.75) is 13.8 Å². The summed E-state index contributed by atoms with van der Waals surface area (Å²) in [6.45, 7) is 3.69. The molecule has 0 aliphatic rings. The lowest BCUT2D eigenvalue weighted by Crippen LogP contribution is -2.21. The molecule has 0 saturated carbocycles. The van der Waals surface area contributed by atoms with Crippen LogP contribution in [0.4, 0.5) is 11.4 Å². The molecule has 3 rings (SSSR count). The van der Waals surface area contributed by atoms with E-state index in [9.17, 15) is 14.9 Å². The standard InChI is InChI=1S/C27H23ClIN3O4/c1-16-7-8-23(17(2)9-16)32-25(33)15-36-26-22(29)11-18(12-24(26)35-3)10-19(14-30)27(34)31-21-6-4-5-20(28)13-21/h4-13H,15H2,1-3H3,(H,31,34)(H,32,33)/b19-10-. The average molecular weight is 616 g/mol. The van der Waals surface area contributed by atoms with Gasteiger partial charge in [0.25, 0.3) is 11.8 Å². The van der Waals surface area contributed by atoms with E-state index in [0.717, 1.165) is 16.8 Å². The Balaban J connectivity index is 1.74. The molecule has 0 spiro atoms. The lowest BCUT2D eigenvalue weighted by Gasteiger charge is -2.14. The van der Waals surface area contributed by atoms with Gasteiger partial charge in [-0.3, -0.25) is 9.59 Å². The normalized spacial score (nSPS) is 10.8. The maximum absolute atomic E-state index is 12.6. The van der Waals surface area contributed by atoms with Gasteiger partial charge >= 0.3 is 0 Å². The predicted molar refractivity (Wildman–Crippen MR) is 149 cm³/mol. The van der Waals surface area contributed by atoms with Crippen LogP contribution in [0.1, 0.15) is 16.7 Å². The van der Waals surface area contributed by atoms with Crippen molar-refractivity contribution in [3.05, 3.63) is 85.5 Å². The molecule has 2 N–H and O–H groups in total. The molecule has 0 radical (unpaired) electrons. The first-order chi connectivity index (χ1) is 17.2. The molecule has 0 aliphatic heterocycles. The molecule has 0 unspecified atom stereocenters. The Kier molecular flexibility index (Phi) is 9.33. The van der Waals surface area contributed by atoms with Crippen LogP contribution in [0.15, 0.2) is 60.2 Å². The Morgan fingerprint density at radius 3 is 2.56 bits per heavy atom. The SMILES string of the molecule is COc1cc(/C=C(/C#N)C(=O)Nc2cccc(Cl)c2)cc(I)c1OCC(=O)Nc1ccc(C)cc1C. The molecule has 9 heteroatoms. The third-order valence-electron chi connectivity index (χ3n) is 5.01. The second-order valence-electron chi connectivity index (χ2n) is 7.82. The highest BCUT2D eigenvalue weighted by molar-refractivity contribution is 14.1. The number of benzene rings is 3. The van der Waals surface area contributed by atoms with E-state index < -0.39 is 5.91 Å². The summed E-state index contributed by atoms with van der Waals surface area (Å²) < 4.78 is 11.8. The van der Waals surface area contributed by atoms with Gasteiger partial charge in [0.1, 0.15) is 11.6 Å². The van der Waals surface area contributed by atoms with Gasteiger partial charge in [-0.15, -0.1) is 0 Å². The highest BCUT2D eigenvalue weighted by Crippen LogP contribution is 2.34. The number of amides is 2. The van der Waals surface area contributed by atoms with Crippen molar-refractivity contribution in [3.8, 4) is 17.6 Å². The van der Waals surface area contributed by atoms with Gasteiger partial charge in [-0.1, -0.05) is 35.4 Å². The summed E-state index contributed by atoms with van der Waals surface area (Å²) in [5.74, 6) is -0.140. The van der Waals surface area contributed by atoms with E-state index in [1.165, 1.54) is 13.2 Å². The highest BCUT2D eigenvalue weighted by atomic mass is 127. The Hall–Kier alpha value is -3.55. The van der Waals surface area contributed by atoms with Crippen LogP contribution in [0.2, 0.25) is 5.02 Å². The van der Waals surface area contributed by atoms with Gasteiger partial charge in [-0.25, -0.2) is 0 Å². The van der Waals surface area contributed by atoms with Gasteiger partial charge in [0, 0.05) is 16.4 Å². The minimum absolute atomic E-state index is 0.102. The summed E-state index contributed by atoms with van der Waals surface area (Å²) in [4.78, 5) is 25.0. The molecule has 3 aromatic rings. The quantitative estimate of drug-likeness (QED) is 0.180. The first kappa shape index (κ1) is 27.0. The Labute approximate surface area is 228 Å². The maximum Gasteiger partial charge on any atom is 0.266 e.